The summed E-state index contributed by atoms with van der Waals surface area (Å²) in [5.41, 5.74) is 17.5. The molecule has 0 spiro atoms. The first kappa shape index (κ1) is 49.9. The van der Waals surface area contributed by atoms with Gasteiger partial charge in [-0.05, 0) is 181 Å². The lowest BCUT2D eigenvalue weighted by molar-refractivity contribution is 0.590. The van der Waals surface area contributed by atoms with Gasteiger partial charge in [0.05, 0.1) is 77.5 Å². The van der Waals surface area contributed by atoms with Crippen LogP contribution in [-0.2, 0) is 16.2 Å². The molecule has 6 heterocycles. The largest absolute Gasteiger partial charge is 0.456 e. The number of para-hydroxylation sites is 5. The SMILES string of the molecule is [2H]c1c([2H])c([2H])c2c(c1[2H])c1c([2H])c([2H])c([2H])c([2H])c1n2-c1ccc2c(c1)N(c1c(-c3ccccc3)cc(C(C)(C)C)cc1-c1ccccc1)c1cc(-n3c4ccc(C(C)(C)C)cc4c4cc(C(C)(C)C)ccc43)cc3c1B2c1ccc(-n2c4c([2H])c([2H])c([2H])c([2H])c4c4c([2H])c([2H])c([2H])c([2H])c42)cc1N3c1c(-c2ccccc2)ccc2oc3ccccc3c12. The number of fused-ring (bicyclic) bond motifs is 16. The van der Waals surface area contributed by atoms with Crippen molar-refractivity contribution < 1.29 is 26.3 Å². The molecule has 7 heteroatoms. The van der Waals surface area contributed by atoms with Crippen LogP contribution in [-0.4, -0.2) is 20.4 Å². The molecule has 0 atom stereocenters. The number of nitrogens with zero attached hydrogens (tertiary/aromatic N) is 5. The van der Waals surface area contributed by atoms with E-state index < -0.39 is 109 Å². The second-order valence-corrected chi connectivity index (χ2v) is 32.1. The van der Waals surface area contributed by atoms with E-state index in [-0.39, 0.29) is 60.1 Å². The summed E-state index contributed by atoms with van der Waals surface area (Å²) in [4.78, 5) is 4.65. The van der Waals surface area contributed by atoms with Crippen LogP contribution < -0.4 is 26.2 Å². The molecule has 6 nitrogen and oxygen atoms in total. The van der Waals surface area contributed by atoms with Crippen molar-refractivity contribution in [3.63, 3.8) is 0 Å². The zero-order valence-corrected chi connectivity index (χ0v) is 61.6. The molecule has 0 radical (unpaired) electrons. The third-order valence-electron chi connectivity index (χ3n) is 22.6. The van der Waals surface area contributed by atoms with E-state index in [0.717, 1.165) is 93.8 Å². The van der Waals surface area contributed by atoms with Crippen molar-refractivity contribution in [2.24, 2.45) is 0 Å². The van der Waals surface area contributed by atoms with Gasteiger partial charge >= 0.3 is 0 Å². The minimum Gasteiger partial charge on any atom is -0.456 e. The highest BCUT2D eigenvalue weighted by Gasteiger charge is 2.47. The molecule has 0 unspecified atom stereocenters. The average molecular weight is 1420 g/mol. The second kappa shape index (κ2) is 23.8. The molecule has 109 heavy (non-hydrogen) atoms. The molecule has 19 aromatic rings. The molecule has 0 amide bonds. The van der Waals surface area contributed by atoms with E-state index in [0.29, 0.717) is 61.9 Å². The predicted molar refractivity (Wildman–Crippen MR) is 463 cm³/mol. The molecule has 0 N–H and O–H groups in total. The molecule has 4 aromatic heterocycles. The molecular weight excluding hydrogens is 1320 g/mol. The van der Waals surface area contributed by atoms with Gasteiger partial charge in [0.2, 0.25) is 0 Å². The topological polar surface area (TPSA) is 34.4 Å². The van der Waals surface area contributed by atoms with Gasteiger partial charge in [0.1, 0.15) is 11.2 Å². The van der Waals surface area contributed by atoms with E-state index in [4.69, 9.17) is 4.42 Å². The van der Waals surface area contributed by atoms with Gasteiger partial charge in [-0.3, -0.25) is 0 Å². The maximum absolute atomic E-state index is 10.00. The highest BCUT2D eigenvalue weighted by molar-refractivity contribution is 7.00. The molecule has 0 saturated heterocycles. The minimum absolute atomic E-state index is 0.0634. The molecule has 15 aromatic carbocycles. The van der Waals surface area contributed by atoms with Gasteiger partial charge in [0.15, 0.2) is 0 Å². The zero-order chi connectivity index (χ0) is 87.4. The van der Waals surface area contributed by atoms with Crippen molar-refractivity contribution in [1.82, 2.24) is 13.7 Å². The number of rotatable bonds is 8. The van der Waals surface area contributed by atoms with Crippen LogP contribution in [0.15, 0.2) is 326 Å². The Kier molecular flexibility index (Phi) is 10.9. The smallest absolute Gasteiger partial charge is 0.252 e. The van der Waals surface area contributed by atoms with Crippen LogP contribution in [0.1, 0.15) is 101 Å². The quantitative estimate of drug-likeness (QED) is 0.142. The van der Waals surface area contributed by atoms with Gasteiger partial charge in [-0.15, -0.1) is 0 Å². The third kappa shape index (κ3) is 9.88. The lowest BCUT2D eigenvalue weighted by atomic mass is 9.33. The van der Waals surface area contributed by atoms with Crippen molar-refractivity contribution in [2.75, 3.05) is 9.80 Å². The summed E-state index contributed by atoms with van der Waals surface area (Å²) in [6.07, 6.45) is 0. The first-order chi connectivity index (χ1) is 59.6. The highest BCUT2D eigenvalue weighted by atomic mass is 16.3. The van der Waals surface area contributed by atoms with Gasteiger partial charge < -0.3 is 27.9 Å². The van der Waals surface area contributed by atoms with Gasteiger partial charge in [0.25, 0.3) is 6.71 Å². The Bertz CT molecular complexity index is 7730. The molecule has 0 bridgehead atoms. The fourth-order valence-corrected chi connectivity index (χ4v) is 17.3. The van der Waals surface area contributed by atoms with E-state index >= 15 is 0 Å². The van der Waals surface area contributed by atoms with Crippen LogP contribution in [0.4, 0.5) is 34.1 Å². The average Bonchev–Trinajstić information content (AvgIpc) is 1.62. The lowest BCUT2D eigenvalue weighted by Crippen LogP contribution is -2.61. The normalized spacial score (nSPS) is 15.2. The van der Waals surface area contributed by atoms with Crippen molar-refractivity contribution >= 4 is 145 Å². The summed E-state index contributed by atoms with van der Waals surface area (Å²) in [6.45, 7) is 19.1. The summed E-state index contributed by atoms with van der Waals surface area (Å²) >= 11 is 0. The fourth-order valence-electron chi connectivity index (χ4n) is 17.3. The molecule has 21 rings (SSSR count). The fraction of sp³-hybridized carbons (Fsp3) is 0.118. The highest BCUT2D eigenvalue weighted by Crippen LogP contribution is 2.56. The zero-order valence-electron chi connectivity index (χ0n) is 77.6. The predicted octanol–water partition coefficient (Wildman–Crippen LogP) is 25.9. The van der Waals surface area contributed by atoms with Gasteiger partial charge in [-0.1, -0.05) is 268 Å². The van der Waals surface area contributed by atoms with Crippen molar-refractivity contribution in [3.8, 4) is 50.4 Å². The Morgan fingerprint density at radius 3 is 1.14 bits per heavy atom. The van der Waals surface area contributed by atoms with Gasteiger partial charge in [0, 0.05) is 88.5 Å². The summed E-state index contributed by atoms with van der Waals surface area (Å²) in [5, 5.41) is 3.22. The number of furan rings is 1. The molecule has 522 valence electrons. The van der Waals surface area contributed by atoms with E-state index in [1.54, 1.807) is 9.13 Å². The van der Waals surface area contributed by atoms with Crippen LogP contribution in [0.3, 0.4) is 0 Å². The summed E-state index contributed by atoms with van der Waals surface area (Å²) in [7, 11) is 0. The first-order valence-electron chi connectivity index (χ1n) is 45.1. The molecule has 2 aliphatic heterocycles. The van der Waals surface area contributed by atoms with E-state index in [1.807, 2.05) is 115 Å². The van der Waals surface area contributed by atoms with Crippen LogP contribution in [0, 0.1) is 0 Å². The monoisotopic (exact) mass is 1420 g/mol. The van der Waals surface area contributed by atoms with E-state index in [2.05, 4.69) is 186 Å². The van der Waals surface area contributed by atoms with Crippen molar-refractivity contribution in [1.29, 1.82) is 0 Å². The summed E-state index contributed by atoms with van der Waals surface area (Å²) in [5.74, 6) is 0. The summed E-state index contributed by atoms with van der Waals surface area (Å²) < 4.78 is 166. The second-order valence-electron chi connectivity index (χ2n) is 32.1. The molecule has 0 aliphatic carbocycles. The maximum atomic E-state index is 10.00. The minimum atomic E-state index is -0.841. The number of benzene rings is 15. The van der Waals surface area contributed by atoms with Crippen LogP contribution >= 0.6 is 0 Å². The van der Waals surface area contributed by atoms with Gasteiger partial charge in [-0.25, -0.2) is 0 Å². The van der Waals surface area contributed by atoms with Gasteiger partial charge in [-0.2, -0.15) is 0 Å². The van der Waals surface area contributed by atoms with E-state index in [9.17, 15) is 21.9 Å². The summed E-state index contributed by atoms with van der Waals surface area (Å²) in [6, 6.07) is 68.8. The Hall–Kier alpha value is -12.8. The van der Waals surface area contributed by atoms with Crippen molar-refractivity contribution in [3.05, 3.63) is 338 Å². The number of hydrogen-bond donors (Lipinski definition) is 0. The number of hydrogen-bond acceptors (Lipinski definition) is 3. The molecular formula is C102H80BN5O. The molecule has 0 saturated carbocycles. The first-order valence-corrected chi connectivity index (χ1v) is 37.1. The van der Waals surface area contributed by atoms with Crippen molar-refractivity contribution in [2.45, 2.75) is 78.6 Å². The van der Waals surface area contributed by atoms with Crippen LogP contribution in [0.5, 0.6) is 0 Å². The Labute approximate surface area is 658 Å². The molecule has 2 aliphatic rings. The Morgan fingerprint density at radius 1 is 0.294 bits per heavy atom. The molecule has 0 fully saturated rings. The number of aromatic nitrogens is 3. The van der Waals surface area contributed by atoms with Crippen LogP contribution in [0.25, 0.3) is 138 Å². The maximum Gasteiger partial charge on any atom is 0.252 e. The Morgan fingerprint density at radius 2 is 0.688 bits per heavy atom. The standard InChI is InChI=1S/C102H80BN5O/c1-100(2,3)66-45-52-88-80(55-66)81-56-67(101(4,5)6)46-53-89(81)106(88)71-61-92-97-93(62-71)108(99-72(63-29-13-10-14-30-63)49-54-95-96(99)77-39-23-28-44-94(77)109-95)91-60-70(105-86-42-26-21-37-75(86)76-38-22-27-43-87(76)105)48-51-83(91)103(97)82-50-47-69(104-84-40-24-19-35-73(84)74-36-20-25-41-85(74)104)59-90(82)107(92)98-78(64-31-15-11-16-32-64)57-68(102(7,8)9)58-79(98)65-33-17-12-18-34-65/h10-62H,1-9H3/i19D,20D,21D,22D,24D,25D,26D,27D,35D,36D,37D,38D,40D,41D,42D,43D. The Balaban J connectivity index is 1.02. The van der Waals surface area contributed by atoms with Crippen LogP contribution in [0.2, 0.25) is 0 Å². The lowest BCUT2D eigenvalue weighted by Gasteiger charge is -2.46. The van der Waals surface area contributed by atoms with E-state index in [1.165, 1.54) is 0 Å². The third-order valence-corrected chi connectivity index (χ3v) is 22.6. The number of anilines is 6.